The number of carbonyl (C=O) groups is 2. The van der Waals surface area contributed by atoms with Gasteiger partial charge in [-0.1, -0.05) is 48.5 Å². The SMILES string of the molecule is CC(=O)Oc1ccc2ccccc2c1/C=N\NC(=O)c1ccccc1. The molecule has 0 aliphatic rings. The van der Waals surface area contributed by atoms with Crippen molar-refractivity contribution < 1.29 is 14.3 Å². The second-order valence-corrected chi connectivity index (χ2v) is 5.36. The summed E-state index contributed by atoms with van der Waals surface area (Å²) < 4.78 is 5.25. The van der Waals surface area contributed by atoms with Crippen LogP contribution in [0.2, 0.25) is 0 Å². The Morgan fingerprint density at radius 2 is 1.68 bits per heavy atom. The van der Waals surface area contributed by atoms with Crippen molar-refractivity contribution in [1.82, 2.24) is 5.43 Å². The first kappa shape index (κ1) is 16.4. The van der Waals surface area contributed by atoms with E-state index in [-0.39, 0.29) is 5.91 Å². The van der Waals surface area contributed by atoms with Gasteiger partial charge in [-0.3, -0.25) is 9.59 Å². The van der Waals surface area contributed by atoms with Crippen LogP contribution in [0.25, 0.3) is 10.8 Å². The molecule has 3 rings (SSSR count). The van der Waals surface area contributed by atoms with Crippen molar-refractivity contribution in [3.8, 4) is 5.75 Å². The fourth-order valence-electron chi connectivity index (χ4n) is 2.46. The minimum Gasteiger partial charge on any atom is -0.426 e. The highest BCUT2D eigenvalue weighted by Gasteiger charge is 2.09. The molecule has 5 nitrogen and oxygen atoms in total. The van der Waals surface area contributed by atoms with E-state index in [1.54, 1.807) is 30.3 Å². The molecule has 5 heteroatoms. The number of ether oxygens (including phenoxy) is 1. The molecular formula is C20H16N2O3. The molecule has 0 fully saturated rings. The number of hydrogen-bond donors (Lipinski definition) is 1. The van der Waals surface area contributed by atoms with Crippen LogP contribution in [0.1, 0.15) is 22.8 Å². The molecule has 0 aromatic heterocycles. The number of nitrogens with one attached hydrogen (secondary N) is 1. The summed E-state index contributed by atoms with van der Waals surface area (Å²) in [5.41, 5.74) is 3.62. The first-order valence-electron chi connectivity index (χ1n) is 7.74. The number of hydrogen-bond acceptors (Lipinski definition) is 4. The van der Waals surface area contributed by atoms with Crippen molar-refractivity contribution >= 4 is 28.9 Å². The molecule has 0 aliphatic carbocycles. The Balaban J connectivity index is 1.91. The monoisotopic (exact) mass is 332 g/mol. The van der Waals surface area contributed by atoms with Crippen molar-refractivity contribution in [3.63, 3.8) is 0 Å². The van der Waals surface area contributed by atoms with Gasteiger partial charge in [0.15, 0.2) is 0 Å². The van der Waals surface area contributed by atoms with Gasteiger partial charge in [-0.25, -0.2) is 5.43 Å². The van der Waals surface area contributed by atoms with Crippen LogP contribution >= 0.6 is 0 Å². The summed E-state index contributed by atoms with van der Waals surface area (Å²) in [4.78, 5) is 23.4. The molecule has 0 heterocycles. The lowest BCUT2D eigenvalue weighted by Gasteiger charge is -2.09. The van der Waals surface area contributed by atoms with Crippen LogP contribution in [0.15, 0.2) is 71.8 Å². The number of esters is 1. The molecule has 3 aromatic rings. The fourth-order valence-corrected chi connectivity index (χ4v) is 2.46. The second kappa shape index (κ2) is 7.40. The van der Waals surface area contributed by atoms with Crippen LogP contribution in [0.5, 0.6) is 5.75 Å². The second-order valence-electron chi connectivity index (χ2n) is 5.36. The third kappa shape index (κ3) is 3.90. The van der Waals surface area contributed by atoms with Crippen molar-refractivity contribution in [2.45, 2.75) is 6.92 Å². The Kier molecular flexibility index (Phi) is 4.85. The van der Waals surface area contributed by atoms with Crippen molar-refractivity contribution in [2.75, 3.05) is 0 Å². The number of rotatable bonds is 4. The van der Waals surface area contributed by atoms with Crippen LogP contribution in [0.4, 0.5) is 0 Å². The Hall–Kier alpha value is -3.47. The zero-order chi connectivity index (χ0) is 17.6. The summed E-state index contributed by atoms with van der Waals surface area (Å²) in [6.45, 7) is 1.34. The van der Waals surface area contributed by atoms with E-state index in [2.05, 4.69) is 10.5 Å². The van der Waals surface area contributed by atoms with Crippen LogP contribution in [-0.4, -0.2) is 18.1 Å². The highest BCUT2D eigenvalue weighted by molar-refractivity contribution is 6.03. The molecule has 0 bridgehead atoms. The number of hydrazone groups is 1. The number of fused-ring (bicyclic) bond motifs is 1. The predicted octanol–water partition coefficient (Wildman–Crippen LogP) is 3.53. The number of amides is 1. The van der Waals surface area contributed by atoms with Crippen LogP contribution in [0.3, 0.4) is 0 Å². The number of nitrogens with zero attached hydrogens (tertiary/aromatic N) is 1. The van der Waals surface area contributed by atoms with E-state index >= 15 is 0 Å². The summed E-state index contributed by atoms with van der Waals surface area (Å²) in [6.07, 6.45) is 1.49. The van der Waals surface area contributed by atoms with E-state index in [9.17, 15) is 9.59 Å². The van der Waals surface area contributed by atoms with Gasteiger partial charge < -0.3 is 4.74 Å². The number of benzene rings is 3. The maximum absolute atomic E-state index is 12.1. The summed E-state index contributed by atoms with van der Waals surface area (Å²) >= 11 is 0. The standard InChI is InChI=1S/C20H16N2O3/c1-14(23)25-19-12-11-15-7-5-6-10-17(15)18(19)13-21-22-20(24)16-8-3-2-4-9-16/h2-13H,1H3,(H,22,24)/b21-13-. The van der Waals surface area contributed by atoms with E-state index in [0.29, 0.717) is 16.9 Å². The Labute approximate surface area is 144 Å². The van der Waals surface area contributed by atoms with Gasteiger partial charge in [0, 0.05) is 18.1 Å². The Morgan fingerprint density at radius 3 is 2.44 bits per heavy atom. The molecule has 124 valence electrons. The Morgan fingerprint density at radius 1 is 0.960 bits per heavy atom. The van der Waals surface area contributed by atoms with E-state index in [1.807, 2.05) is 36.4 Å². The molecule has 0 aliphatic heterocycles. The minimum absolute atomic E-state index is 0.314. The minimum atomic E-state index is -0.418. The lowest BCUT2D eigenvalue weighted by atomic mass is 10.0. The van der Waals surface area contributed by atoms with Gasteiger partial charge in [-0.05, 0) is 29.0 Å². The summed E-state index contributed by atoms with van der Waals surface area (Å²) in [5.74, 6) is -0.340. The van der Waals surface area contributed by atoms with E-state index in [4.69, 9.17) is 4.74 Å². The maximum Gasteiger partial charge on any atom is 0.308 e. The van der Waals surface area contributed by atoms with Gasteiger partial charge in [-0.2, -0.15) is 5.10 Å². The average molecular weight is 332 g/mol. The summed E-state index contributed by atoms with van der Waals surface area (Å²) in [7, 11) is 0. The first-order chi connectivity index (χ1) is 12.1. The molecule has 25 heavy (non-hydrogen) atoms. The highest BCUT2D eigenvalue weighted by Crippen LogP contribution is 2.26. The predicted molar refractivity (Wildman–Crippen MR) is 96.8 cm³/mol. The van der Waals surface area contributed by atoms with Gasteiger partial charge in [0.1, 0.15) is 5.75 Å². The molecular weight excluding hydrogens is 316 g/mol. The van der Waals surface area contributed by atoms with Crippen molar-refractivity contribution in [3.05, 3.63) is 77.9 Å². The lowest BCUT2D eigenvalue weighted by Crippen LogP contribution is -2.17. The molecule has 0 saturated carbocycles. The average Bonchev–Trinajstić information content (AvgIpc) is 2.63. The molecule has 3 aromatic carbocycles. The van der Waals surface area contributed by atoms with Gasteiger partial charge in [0.2, 0.25) is 0 Å². The zero-order valence-electron chi connectivity index (χ0n) is 13.6. The van der Waals surface area contributed by atoms with Crippen molar-refractivity contribution in [1.29, 1.82) is 0 Å². The number of carbonyl (C=O) groups excluding carboxylic acids is 2. The fraction of sp³-hybridized carbons (Fsp3) is 0.0500. The summed E-state index contributed by atoms with van der Waals surface area (Å²) in [6, 6.07) is 20.0. The smallest absolute Gasteiger partial charge is 0.308 e. The van der Waals surface area contributed by atoms with Gasteiger partial charge >= 0.3 is 5.97 Å². The zero-order valence-corrected chi connectivity index (χ0v) is 13.6. The molecule has 0 spiro atoms. The van der Waals surface area contributed by atoms with Gasteiger partial charge in [-0.15, -0.1) is 0 Å². The van der Waals surface area contributed by atoms with Crippen molar-refractivity contribution in [2.24, 2.45) is 5.10 Å². The molecule has 1 amide bonds. The van der Waals surface area contributed by atoms with Crippen LogP contribution in [0, 0.1) is 0 Å². The van der Waals surface area contributed by atoms with E-state index in [1.165, 1.54) is 13.1 Å². The maximum atomic E-state index is 12.1. The van der Waals surface area contributed by atoms with Crippen LogP contribution in [-0.2, 0) is 4.79 Å². The van der Waals surface area contributed by atoms with E-state index < -0.39 is 5.97 Å². The van der Waals surface area contributed by atoms with Crippen LogP contribution < -0.4 is 10.2 Å². The molecule has 0 unspecified atom stereocenters. The molecule has 0 atom stereocenters. The Bertz CT molecular complexity index is 950. The van der Waals surface area contributed by atoms with Gasteiger partial charge in [0.05, 0.1) is 6.21 Å². The molecule has 1 N–H and O–H groups in total. The van der Waals surface area contributed by atoms with E-state index in [0.717, 1.165) is 10.8 Å². The topological polar surface area (TPSA) is 67.8 Å². The normalized spacial score (nSPS) is 10.8. The molecule has 0 saturated heterocycles. The molecule has 0 radical (unpaired) electrons. The van der Waals surface area contributed by atoms with Gasteiger partial charge in [0.25, 0.3) is 5.91 Å². The first-order valence-corrected chi connectivity index (χ1v) is 7.74. The third-order valence-electron chi connectivity index (χ3n) is 3.58. The third-order valence-corrected chi connectivity index (χ3v) is 3.58. The quantitative estimate of drug-likeness (QED) is 0.344. The summed E-state index contributed by atoms with van der Waals surface area (Å²) in [5, 5.41) is 5.87. The highest BCUT2D eigenvalue weighted by atomic mass is 16.5. The largest absolute Gasteiger partial charge is 0.426 e. The lowest BCUT2D eigenvalue weighted by molar-refractivity contribution is -0.131.